The Kier molecular flexibility index (Phi) is 5.44. The third-order valence-electron chi connectivity index (χ3n) is 3.90. The molecule has 1 aliphatic rings. The zero-order chi connectivity index (χ0) is 15.2. The summed E-state index contributed by atoms with van der Waals surface area (Å²) in [6.45, 7) is 5.48. The molecule has 1 heterocycles. The van der Waals surface area contributed by atoms with E-state index in [2.05, 4.69) is 22.5 Å². The van der Waals surface area contributed by atoms with Gasteiger partial charge in [-0.2, -0.15) is 0 Å². The Labute approximate surface area is 126 Å². The van der Waals surface area contributed by atoms with Gasteiger partial charge >= 0.3 is 0 Å². The fourth-order valence-electron chi connectivity index (χ4n) is 2.85. The SMILES string of the molecule is CNC(=O)c1ccc(N)cc1NC(C)CN1CCCCC1. The van der Waals surface area contributed by atoms with Gasteiger partial charge in [0.05, 0.1) is 5.56 Å². The van der Waals surface area contributed by atoms with Crippen LogP contribution in [0.15, 0.2) is 18.2 Å². The lowest BCUT2D eigenvalue weighted by Gasteiger charge is -2.30. The first-order chi connectivity index (χ1) is 10.1. The van der Waals surface area contributed by atoms with Crippen molar-refractivity contribution in [3.63, 3.8) is 0 Å². The summed E-state index contributed by atoms with van der Waals surface area (Å²) >= 11 is 0. The number of hydrogen-bond acceptors (Lipinski definition) is 4. The molecule has 0 aliphatic carbocycles. The third kappa shape index (κ3) is 4.36. The van der Waals surface area contributed by atoms with Crippen molar-refractivity contribution >= 4 is 17.3 Å². The molecule has 0 bridgehead atoms. The molecular weight excluding hydrogens is 264 g/mol. The van der Waals surface area contributed by atoms with Gasteiger partial charge < -0.3 is 21.3 Å². The van der Waals surface area contributed by atoms with Crippen LogP contribution >= 0.6 is 0 Å². The molecule has 1 aromatic rings. The van der Waals surface area contributed by atoms with Gasteiger partial charge in [-0.3, -0.25) is 4.79 Å². The Morgan fingerprint density at radius 1 is 1.33 bits per heavy atom. The molecule has 2 rings (SSSR count). The quantitative estimate of drug-likeness (QED) is 0.725. The second kappa shape index (κ2) is 7.31. The van der Waals surface area contributed by atoms with E-state index in [1.807, 2.05) is 6.07 Å². The summed E-state index contributed by atoms with van der Waals surface area (Å²) in [6, 6.07) is 5.63. The number of carbonyl (C=O) groups is 1. The second-order valence-electron chi connectivity index (χ2n) is 5.79. The van der Waals surface area contributed by atoms with Crippen molar-refractivity contribution in [2.45, 2.75) is 32.2 Å². The Morgan fingerprint density at radius 3 is 2.71 bits per heavy atom. The van der Waals surface area contributed by atoms with Crippen molar-refractivity contribution < 1.29 is 4.79 Å². The maximum Gasteiger partial charge on any atom is 0.253 e. The van der Waals surface area contributed by atoms with E-state index in [1.165, 1.54) is 32.4 Å². The normalized spacial score (nSPS) is 17.2. The van der Waals surface area contributed by atoms with Crippen LogP contribution in [-0.4, -0.2) is 43.5 Å². The highest BCUT2D eigenvalue weighted by molar-refractivity contribution is 6.00. The maximum absolute atomic E-state index is 11.9. The molecule has 1 aromatic carbocycles. The summed E-state index contributed by atoms with van der Waals surface area (Å²) in [5, 5.41) is 6.10. The lowest BCUT2D eigenvalue weighted by molar-refractivity contribution is 0.0964. The third-order valence-corrected chi connectivity index (χ3v) is 3.90. The van der Waals surface area contributed by atoms with E-state index >= 15 is 0 Å². The van der Waals surface area contributed by atoms with Crippen molar-refractivity contribution in [1.82, 2.24) is 10.2 Å². The minimum atomic E-state index is -0.0947. The first-order valence-corrected chi connectivity index (χ1v) is 7.70. The summed E-state index contributed by atoms with van der Waals surface area (Å²) in [5.74, 6) is -0.0947. The van der Waals surface area contributed by atoms with E-state index in [0.29, 0.717) is 11.3 Å². The van der Waals surface area contributed by atoms with Crippen LogP contribution in [0.4, 0.5) is 11.4 Å². The first-order valence-electron chi connectivity index (χ1n) is 7.70. The largest absolute Gasteiger partial charge is 0.399 e. The summed E-state index contributed by atoms with van der Waals surface area (Å²) in [7, 11) is 1.64. The van der Waals surface area contributed by atoms with Crippen LogP contribution in [0.3, 0.4) is 0 Å². The smallest absolute Gasteiger partial charge is 0.253 e. The van der Waals surface area contributed by atoms with Gasteiger partial charge in [-0.15, -0.1) is 0 Å². The first kappa shape index (κ1) is 15.6. The zero-order valence-electron chi connectivity index (χ0n) is 13.0. The molecule has 4 N–H and O–H groups in total. The lowest BCUT2D eigenvalue weighted by atomic mass is 10.1. The van der Waals surface area contributed by atoms with Crippen molar-refractivity contribution in [2.75, 3.05) is 37.7 Å². The number of anilines is 2. The molecule has 1 aliphatic heterocycles. The highest BCUT2D eigenvalue weighted by Crippen LogP contribution is 2.20. The Morgan fingerprint density at radius 2 is 2.05 bits per heavy atom. The predicted molar refractivity (Wildman–Crippen MR) is 87.6 cm³/mol. The number of amides is 1. The Bertz CT molecular complexity index is 483. The van der Waals surface area contributed by atoms with Gasteiger partial charge in [-0.25, -0.2) is 0 Å². The number of hydrogen-bond donors (Lipinski definition) is 3. The molecule has 21 heavy (non-hydrogen) atoms. The van der Waals surface area contributed by atoms with Crippen LogP contribution < -0.4 is 16.4 Å². The molecule has 1 fully saturated rings. The van der Waals surface area contributed by atoms with Crippen LogP contribution in [0.2, 0.25) is 0 Å². The molecule has 1 atom stereocenters. The molecule has 0 spiro atoms. The summed E-state index contributed by atoms with van der Waals surface area (Å²) in [6.07, 6.45) is 3.91. The topological polar surface area (TPSA) is 70.4 Å². The van der Waals surface area contributed by atoms with Crippen molar-refractivity contribution in [3.8, 4) is 0 Å². The number of rotatable bonds is 5. The van der Waals surface area contributed by atoms with Crippen molar-refractivity contribution in [3.05, 3.63) is 23.8 Å². The van der Waals surface area contributed by atoms with Gasteiger partial charge in [0.25, 0.3) is 5.91 Å². The van der Waals surface area contributed by atoms with E-state index in [1.54, 1.807) is 19.2 Å². The van der Waals surface area contributed by atoms with Gasteiger partial charge in [0.2, 0.25) is 0 Å². The van der Waals surface area contributed by atoms with Gasteiger partial charge in [0, 0.05) is 31.0 Å². The highest BCUT2D eigenvalue weighted by atomic mass is 16.1. The zero-order valence-corrected chi connectivity index (χ0v) is 13.0. The number of nitrogens with two attached hydrogens (primary N) is 1. The molecule has 1 unspecified atom stereocenters. The van der Waals surface area contributed by atoms with Crippen LogP contribution in [0.5, 0.6) is 0 Å². The average Bonchev–Trinajstić information content (AvgIpc) is 2.47. The summed E-state index contributed by atoms with van der Waals surface area (Å²) in [5.41, 5.74) is 7.95. The molecule has 5 nitrogen and oxygen atoms in total. The van der Waals surface area contributed by atoms with E-state index in [9.17, 15) is 4.79 Å². The average molecular weight is 290 g/mol. The van der Waals surface area contributed by atoms with Crippen LogP contribution in [0.25, 0.3) is 0 Å². The number of nitrogens with one attached hydrogen (secondary N) is 2. The van der Waals surface area contributed by atoms with E-state index in [0.717, 1.165) is 12.2 Å². The molecule has 1 amide bonds. The van der Waals surface area contributed by atoms with Crippen molar-refractivity contribution in [1.29, 1.82) is 0 Å². The van der Waals surface area contributed by atoms with E-state index < -0.39 is 0 Å². The number of benzene rings is 1. The molecule has 0 radical (unpaired) electrons. The Hall–Kier alpha value is -1.75. The molecule has 5 heteroatoms. The number of piperidine rings is 1. The fraction of sp³-hybridized carbons (Fsp3) is 0.562. The molecule has 1 saturated heterocycles. The van der Waals surface area contributed by atoms with E-state index in [4.69, 9.17) is 5.73 Å². The fourth-order valence-corrected chi connectivity index (χ4v) is 2.85. The van der Waals surface area contributed by atoms with E-state index in [-0.39, 0.29) is 11.9 Å². The predicted octanol–water partition coefficient (Wildman–Crippen LogP) is 1.91. The van der Waals surface area contributed by atoms with Gasteiger partial charge in [-0.1, -0.05) is 6.42 Å². The molecule has 0 saturated carbocycles. The molecule has 0 aromatic heterocycles. The number of nitrogens with zero attached hydrogens (tertiary/aromatic N) is 1. The van der Waals surface area contributed by atoms with Crippen molar-refractivity contribution in [2.24, 2.45) is 0 Å². The minimum Gasteiger partial charge on any atom is -0.399 e. The lowest BCUT2D eigenvalue weighted by Crippen LogP contribution is -2.38. The monoisotopic (exact) mass is 290 g/mol. The highest BCUT2D eigenvalue weighted by Gasteiger charge is 2.16. The Balaban J connectivity index is 2.03. The number of nitrogen functional groups attached to an aromatic ring is 1. The van der Waals surface area contributed by atoms with Gasteiger partial charge in [-0.05, 0) is 51.1 Å². The standard InChI is InChI=1S/C16H26N4O/c1-12(11-20-8-4-3-5-9-20)19-15-10-13(17)6-7-14(15)16(21)18-2/h6-7,10,12,19H,3-5,8-9,11,17H2,1-2H3,(H,18,21). The van der Waals surface area contributed by atoms with Gasteiger partial charge in [0.1, 0.15) is 0 Å². The molecular formula is C16H26N4O. The summed E-state index contributed by atoms with van der Waals surface area (Å²) in [4.78, 5) is 14.4. The van der Waals surface area contributed by atoms with Gasteiger partial charge in [0.15, 0.2) is 0 Å². The minimum absolute atomic E-state index is 0.0947. The van der Waals surface area contributed by atoms with Crippen LogP contribution in [-0.2, 0) is 0 Å². The molecule has 116 valence electrons. The number of likely N-dealkylation sites (tertiary alicyclic amines) is 1. The second-order valence-corrected chi connectivity index (χ2v) is 5.79. The summed E-state index contributed by atoms with van der Waals surface area (Å²) < 4.78 is 0. The van der Waals surface area contributed by atoms with Crippen LogP contribution in [0.1, 0.15) is 36.5 Å². The number of carbonyl (C=O) groups excluding carboxylic acids is 1. The maximum atomic E-state index is 11.9. The van der Waals surface area contributed by atoms with Crippen LogP contribution in [0, 0.1) is 0 Å².